The van der Waals surface area contributed by atoms with Crippen LogP contribution in [-0.4, -0.2) is 38.4 Å². The summed E-state index contributed by atoms with van der Waals surface area (Å²) in [4.78, 5) is 15.4. The molecule has 0 atom stereocenters. The summed E-state index contributed by atoms with van der Waals surface area (Å²) < 4.78 is 14.8. The second kappa shape index (κ2) is 7.59. The lowest BCUT2D eigenvalue weighted by Crippen LogP contribution is -2.29. The molecular formula is C11H16N2O4. The molecule has 17 heavy (non-hydrogen) atoms. The maximum Gasteiger partial charge on any atom is 0.412 e. The number of hydrogen-bond donors (Lipinski definition) is 1. The summed E-state index contributed by atoms with van der Waals surface area (Å²) in [6.45, 7) is 1.23. The quantitative estimate of drug-likeness (QED) is 0.750. The second-order valence-corrected chi connectivity index (χ2v) is 3.22. The van der Waals surface area contributed by atoms with E-state index in [1.165, 1.54) is 0 Å². The SMILES string of the molecule is COCCNC(=O)Oc1ccnc(COC)c1. The summed E-state index contributed by atoms with van der Waals surface area (Å²) >= 11 is 0. The van der Waals surface area contributed by atoms with Crippen molar-refractivity contribution in [3.8, 4) is 5.75 Å². The molecule has 0 bridgehead atoms. The summed E-state index contributed by atoms with van der Waals surface area (Å²) in [5, 5.41) is 2.55. The number of ether oxygens (including phenoxy) is 3. The molecule has 1 aromatic rings. The minimum absolute atomic E-state index is 0.377. The van der Waals surface area contributed by atoms with Crippen LogP contribution in [0.15, 0.2) is 18.3 Å². The van der Waals surface area contributed by atoms with Gasteiger partial charge in [-0.25, -0.2) is 4.79 Å². The number of nitrogens with one attached hydrogen (secondary N) is 1. The van der Waals surface area contributed by atoms with Crippen LogP contribution in [0.2, 0.25) is 0 Å². The Morgan fingerprint density at radius 1 is 1.41 bits per heavy atom. The summed E-state index contributed by atoms with van der Waals surface area (Å²) in [7, 11) is 3.14. The van der Waals surface area contributed by atoms with Gasteiger partial charge < -0.3 is 19.5 Å². The molecule has 1 aromatic heterocycles. The Morgan fingerprint density at radius 3 is 2.94 bits per heavy atom. The van der Waals surface area contributed by atoms with Gasteiger partial charge in [0.15, 0.2) is 0 Å². The van der Waals surface area contributed by atoms with Crippen molar-refractivity contribution in [2.45, 2.75) is 6.61 Å². The predicted octanol–water partition coefficient (Wildman–Crippen LogP) is 0.963. The van der Waals surface area contributed by atoms with Crippen LogP contribution in [0, 0.1) is 0 Å². The number of rotatable bonds is 6. The highest BCUT2D eigenvalue weighted by Crippen LogP contribution is 2.11. The molecule has 0 aromatic carbocycles. The van der Waals surface area contributed by atoms with Crippen LogP contribution in [0.25, 0.3) is 0 Å². The molecule has 94 valence electrons. The fourth-order valence-corrected chi connectivity index (χ4v) is 1.14. The highest BCUT2D eigenvalue weighted by Gasteiger charge is 2.04. The van der Waals surface area contributed by atoms with Crippen molar-refractivity contribution in [3.63, 3.8) is 0 Å². The van der Waals surface area contributed by atoms with E-state index in [1.807, 2.05) is 0 Å². The average molecular weight is 240 g/mol. The minimum Gasteiger partial charge on any atom is -0.410 e. The fraction of sp³-hybridized carbons (Fsp3) is 0.455. The van der Waals surface area contributed by atoms with E-state index < -0.39 is 6.09 Å². The van der Waals surface area contributed by atoms with Gasteiger partial charge in [-0.1, -0.05) is 0 Å². The molecule has 6 nitrogen and oxygen atoms in total. The largest absolute Gasteiger partial charge is 0.412 e. The molecule has 0 radical (unpaired) electrons. The molecule has 1 N–H and O–H groups in total. The predicted molar refractivity (Wildman–Crippen MR) is 60.9 cm³/mol. The van der Waals surface area contributed by atoms with E-state index in [9.17, 15) is 4.79 Å². The lowest BCUT2D eigenvalue weighted by atomic mass is 10.3. The lowest BCUT2D eigenvalue weighted by molar-refractivity contribution is 0.177. The Labute approximate surface area is 99.9 Å². The number of aromatic nitrogens is 1. The third kappa shape index (κ3) is 5.28. The summed E-state index contributed by atoms with van der Waals surface area (Å²) in [6.07, 6.45) is 1.04. The van der Waals surface area contributed by atoms with E-state index >= 15 is 0 Å². The van der Waals surface area contributed by atoms with Crippen LogP contribution < -0.4 is 10.1 Å². The Balaban J connectivity index is 2.44. The van der Waals surface area contributed by atoms with Crippen molar-refractivity contribution >= 4 is 6.09 Å². The Hall–Kier alpha value is -1.66. The molecule has 0 aliphatic rings. The van der Waals surface area contributed by atoms with E-state index in [0.717, 1.165) is 0 Å². The topological polar surface area (TPSA) is 69.7 Å². The second-order valence-electron chi connectivity index (χ2n) is 3.22. The third-order valence-electron chi connectivity index (χ3n) is 1.87. The number of carbonyl (C=O) groups is 1. The van der Waals surface area contributed by atoms with Gasteiger partial charge in [0.1, 0.15) is 5.75 Å². The first-order valence-corrected chi connectivity index (χ1v) is 5.14. The van der Waals surface area contributed by atoms with Crippen LogP contribution >= 0.6 is 0 Å². The molecule has 0 saturated carbocycles. The first kappa shape index (κ1) is 13.4. The van der Waals surface area contributed by atoms with Gasteiger partial charge in [0.05, 0.1) is 18.9 Å². The molecule has 6 heteroatoms. The van der Waals surface area contributed by atoms with Crippen molar-refractivity contribution in [2.75, 3.05) is 27.4 Å². The zero-order valence-electron chi connectivity index (χ0n) is 9.93. The van der Waals surface area contributed by atoms with Gasteiger partial charge in [0, 0.05) is 33.0 Å². The molecule has 1 heterocycles. The zero-order valence-corrected chi connectivity index (χ0v) is 9.93. The molecule has 0 unspecified atom stereocenters. The van der Waals surface area contributed by atoms with Gasteiger partial charge in [-0.2, -0.15) is 0 Å². The lowest BCUT2D eigenvalue weighted by Gasteiger charge is -2.06. The van der Waals surface area contributed by atoms with E-state index in [-0.39, 0.29) is 0 Å². The van der Waals surface area contributed by atoms with Crippen molar-refractivity contribution in [2.24, 2.45) is 0 Å². The van der Waals surface area contributed by atoms with Gasteiger partial charge in [-0.05, 0) is 6.07 Å². The van der Waals surface area contributed by atoms with Crippen LogP contribution in [-0.2, 0) is 16.1 Å². The van der Waals surface area contributed by atoms with Crippen molar-refractivity contribution in [1.29, 1.82) is 0 Å². The third-order valence-corrected chi connectivity index (χ3v) is 1.87. The normalized spacial score (nSPS) is 10.0. The molecule has 1 rings (SSSR count). The highest BCUT2D eigenvalue weighted by atomic mass is 16.6. The van der Waals surface area contributed by atoms with Crippen molar-refractivity contribution in [3.05, 3.63) is 24.0 Å². The Kier molecular flexibility index (Phi) is 5.98. The number of hydrogen-bond acceptors (Lipinski definition) is 5. The van der Waals surface area contributed by atoms with Gasteiger partial charge in [0.25, 0.3) is 0 Å². The number of nitrogens with zero attached hydrogens (tertiary/aromatic N) is 1. The maximum atomic E-state index is 11.3. The van der Waals surface area contributed by atoms with Crippen molar-refractivity contribution in [1.82, 2.24) is 10.3 Å². The monoisotopic (exact) mass is 240 g/mol. The van der Waals surface area contributed by atoms with Crippen LogP contribution in [0.4, 0.5) is 4.79 Å². The van der Waals surface area contributed by atoms with Crippen LogP contribution in [0.1, 0.15) is 5.69 Å². The van der Waals surface area contributed by atoms with Crippen LogP contribution in [0.5, 0.6) is 5.75 Å². The average Bonchev–Trinajstić information content (AvgIpc) is 2.30. The summed E-state index contributed by atoms with van der Waals surface area (Å²) in [6, 6.07) is 3.26. The van der Waals surface area contributed by atoms with Gasteiger partial charge >= 0.3 is 6.09 Å². The Bertz CT molecular complexity index is 357. The standard InChI is InChI=1S/C11H16N2O4/c1-15-6-5-13-11(14)17-10-3-4-12-9(7-10)8-16-2/h3-4,7H,5-6,8H2,1-2H3,(H,13,14). The zero-order chi connectivity index (χ0) is 12.5. The summed E-state index contributed by atoms with van der Waals surface area (Å²) in [5.41, 5.74) is 0.703. The molecule has 0 saturated heterocycles. The van der Waals surface area contributed by atoms with E-state index in [1.54, 1.807) is 32.5 Å². The molecular weight excluding hydrogens is 224 g/mol. The first-order chi connectivity index (χ1) is 8.26. The molecule has 0 aliphatic carbocycles. The fourth-order valence-electron chi connectivity index (χ4n) is 1.14. The molecule has 0 aliphatic heterocycles. The summed E-state index contributed by atoms with van der Waals surface area (Å²) in [5.74, 6) is 0.432. The maximum absolute atomic E-state index is 11.3. The van der Waals surface area contributed by atoms with Gasteiger partial charge in [-0.3, -0.25) is 4.98 Å². The molecule has 0 fully saturated rings. The van der Waals surface area contributed by atoms with E-state index in [2.05, 4.69) is 10.3 Å². The van der Waals surface area contributed by atoms with E-state index in [4.69, 9.17) is 14.2 Å². The number of amides is 1. The number of carbonyl (C=O) groups excluding carboxylic acids is 1. The van der Waals surface area contributed by atoms with Crippen LogP contribution in [0.3, 0.4) is 0 Å². The minimum atomic E-state index is -0.517. The highest BCUT2D eigenvalue weighted by molar-refractivity contribution is 5.70. The molecule has 1 amide bonds. The number of pyridine rings is 1. The van der Waals surface area contributed by atoms with Gasteiger partial charge in [-0.15, -0.1) is 0 Å². The first-order valence-electron chi connectivity index (χ1n) is 5.14. The van der Waals surface area contributed by atoms with Crippen molar-refractivity contribution < 1.29 is 19.0 Å². The Morgan fingerprint density at radius 2 is 2.24 bits per heavy atom. The van der Waals surface area contributed by atoms with E-state index in [0.29, 0.717) is 31.2 Å². The smallest absolute Gasteiger partial charge is 0.410 e. The molecule has 0 spiro atoms. The number of methoxy groups -OCH3 is 2. The van der Waals surface area contributed by atoms with Gasteiger partial charge in [0.2, 0.25) is 0 Å².